The largest absolute Gasteiger partial charge is 0.349 e. The Bertz CT molecular complexity index is 424. The van der Waals surface area contributed by atoms with Gasteiger partial charge in [0, 0.05) is 11.8 Å². The predicted octanol–water partition coefficient (Wildman–Crippen LogP) is 3.05. The van der Waals surface area contributed by atoms with Gasteiger partial charge < -0.3 is 5.32 Å². The third-order valence-electron chi connectivity index (χ3n) is 4.55. The first kappa shape index (κ1) is 10.8. The van der Waals surface area contributed by atoms with E-state index in [1.807, 2.05) is 6.07 Å². The number of rotatable bonds is 3. The lowest BCUT2D eigenvalue weighted by Crippen LogP contribution is -2.30. The minimum atomic E-state index is 0.179. The van der Waals surface area contributed by atoms with Gasteiger partial charge in [-0.25, -0.2) is 0 Å². The van der Waals surface area contributed by atoms with E-state index >= 15 is 0 Å². The Kier molecular flexibility index (Phi) is 2.46. The van der Waals surface area contributed by atoms with Crippen LogP contribution in [0.4, 0.5) is 0 Å². The van der Waals surface area contributed by atoms with Gasteiger partial charge in [-0.3, -0.25) is 4.79 Å². The van der Waals surface area contributed by atoms with Gasteiger partial charge in [0.25, 0.3) is 0 Å². The zero-order valence-electron chi connectivity index (χ0n) is 10.3. The Labute approximate surface area is 102 Å². The molecule has 1 heterocycles. The molecule has 0 bridgehead atoms. The van der Waals surface area contributed by atoms with E-state index in [1.54, 1.807) is 0 Å². The summed E-state index contributed by atoms with van der Waals surface area (Å²) in [6, 6.07) is 10.7. The number of benzene rings is 1. The van der Waals surface area contributed by atoms with Gasteiger partial charge in [0.2, 0.25) is 5.91 Å². The molecule has 1 aromatic carbocycles. The lowest BCUT2D eigenvalue weighted by Gasteiger charge is -2.33. The predicted molar refractivity (Wildman–Crippen MR) is 67.4 cm³/mol. The minimum absolute atomic E-state index is 0.179. The molecule has 2 heteroatoms. The van der Waals surface area contributed by atoms with Gasteiger partial charge in [-0.05, 0) is 30.7 Å². The summed E-state index contributed by atoms with van der Waals surface area (Å²) in [5.41, 5.74) is 1.45. The molecule has 17 heavy (non-hydrogen) atoms. The Morgan fingerprint density at radius 1 is 1.29 bits per heavy atom. The number of hydrogen-bond donors (Lipinski definition) is 1. The van der Waals surface area contributed by atoms with Gasteiger partial charge in [0.1, 0.15) is 0 Å². The van der Waals surface area contributed by atoms with Gasteiger partial charge >= 0.3 is 0 Å². The van der Waals surface area contributed by atoms with Crippen molar-refractivity contribution in [1.82, 2.24) is 5.32 Å². The van der Waals surface area contributed by atoms with Crippen LogP contribution in [0.3, 0.4) is 0 Å². The molecule has 0 aromatic heterocycles. The highest BCUT2D eigenvalue weighted by atomic mass is 16.2. The van der Waals surface area contributed by atoms with E-state index < -0.39 is 0 Å². The van der Waals surface area contributed by atoms with Crippen LogP contribution < -0.4 is 5.32 Å². The van der Waals surface area contributed by atoms with Crippen LogP contribution in [0.1, 0.15) is 44.2 Å². The molecule has 1 aliphatic carbocycles. The van der Waals surface area contributed by atoms with Gasteiger partial charge in [-0.2, -0.15) is 0 Å². The Morgan fingerprint density at radius 2 is 2.00 bits per heavy atom. The van der Waals surface area contributed by atoms with Gasteiger partial charge in [-0.1, -0.05) is 37.3 Å². The van der Waals surface area contributed by atoms with Crippen LogP contribution in [-0.2, 0) is 4.79 Å². The molecule has 1 saturated carbocycles. The summed E-state index contributed by atoms with van der Waals surface area (Å²) in [5, 5.41) is 3.19. The monoisotopic (exact) mass is 229 g/mol. The molecule has 2 fully saturated rings. The molecule has 2 unspecified atom stereocenters. The fourth-order valence-electron chi connectivity index (χ4n) is 3.47. The summed E-state index contributed by atoms with van der Waals surface area (Å²) in [5.74, 6) is 0.976. The molecular formula is C15H19NO. The SMILES string of the molecule is CCC1(C2CC2)CC(=O)NC1c1ccccc1. The van der Waals surface area contributed by atoms with E-state index in [0.717, 1.165) is 12.3 Å². The van der Waals surface area contributed by atoms with Gasteiger partial charge in [0.05, 0.1) is 6.04 Å². The average Bonchev–Trinajstić information content (AvgIpc) is 3.15. The third-order valence-corrected chi connectivity index (χ3v) is 4.55. The number of nitrogens with one attached hydrogen (secondary N) is 1. The van der Waals surface area contributed by atoms with Crippen LogP contribution in [-0.4, -0.2) is 5.91 Å². The van der Waals surface area contributed by atoms with E-state index in [0.29, 0.717) is 6.42 Å². The number of carbonyl (C=O) groups is 1. The highest BCUT2D eigenvalue weighted by Crippen LogP contribution is 2.58. The molecule has 1 aliphatic heterocycles. The summed E-state index contributed by atoms with van der Waals surface area (Å²) < 4.78 is 0. The summed E-state index contributed by atoms with van der Waals surface area (Å²) in [4.78, 5) is 11.8. The highest BCUT2D eigenvalue weighted by molar-refractivity contribution is 5.80. The molecule has 2 aliphatic rings. The van der Waals surface area contributed by atoms with E-state index in [-0.39, 0.29) is 17.4 Å². The Balaban J connectivity index is 1.99. The normalized spacial score (nSPS) is 32.5. The third kappa shape index (κ3) is 1.67. The molecular weight excluding hydrogens is 210 g/mol. The first-order valence-corrected chi connectivity index (χ1v) is 6.60. The minimum Gasteiger partial charge on any atom is -0.349 e. The average molecular weight is 229 g/mol. The first-order valence-electron chi connectivity index (χ1n) is 6.60. The van der Waals surface area contributed by atoms with Crippen molar-refractivity contribution >= 4 is 5.91 Å². The zero-order chi connectivity index (χ0) is 11.9. The van der Waals surface area contributed by atoms with Gasteiger partial charge in [0.15, 0.2) is 0 Å². The van der Waals surface area contributed by atoms with Crippen LogP contribution >= 0.6 is 0 Å². The Morgan fingerprint density at radius 3 is 2.59 bits per heavy atom. The molecule has 1 aromatic rings. The van der Waals surface area contributed by atoms with Crippen molar-refractivity contribution in [1.29, 1.82) is 0 Å². The standard InChI is InChI=1S/C15H19NO/c1-2-15(12-8-9-12)10-13(17)16-14(15)11-6-4-3-5-7-11/h3-7,12,14H,2,8-10H2,1H3,(H,16,17). The summed E-state index contributed by atoms with van der Waals surface area (Å²) in [6.45, 7) is 2.23. The van der Waals surface area contributed by atoms with Crippen molar-refractivity contribution in [2.45, 2.75) is 38.6 Å². The van der Waals surface area contributed by atoms with Crippen LogP contribution in [0.5, 0.6) is 0 Å². The number of amides is 1. The van der Waals surface area contributed by atoms with Crippen LogP contribution in [0, 0.1) is 11.3 Å². The maximum atomic E-state index is 11.8. The molecule has 1 saturated heterocycles. The summed E-state index contributed by atoms with van der Waals surface area (Å²) in [7, 11) is 0. The van der Waals surface area contributed by atoms with Crippen molar-refractivity contribution in [2.24, 2.45) is 11.3 Å². The van der Waals surface area contributed by atoms with Crippen LogP contribution in [0.15, 0.2) is 30.3 Å². The molecule has 0 radical (unpaired) electrons. The lowest BCUT2D eigenvalue weighted by atomic mass is 9.71. The molecule has 2 atom stereocenters. The van der Waals surface area contributed by atoms with E-state index in [2.05, 4.69) is 36.5 Å². The van der Waals surface area contributed by atoms with Crippen molar-refractivity contribution in [2.75, 3.05) is 0 Å². The van der Waals surface area contributed by atoms with Crippen molar-refractivity contribution < 1.29 is 4.79 Å². The second kappa shape index (κ2) is 3.86. The molecule has 1 N–H and O–H groups in total. The molecule has 3 rings (SSSR count). The molecule has 90 valence electrons. The first-order chi connectivity index (χ1) is 8.26. The second-order valence-corrected chi connectivity index (χ2v) is 5.45. The van der Waals surface area contributed by atoms with Crippen LogP contribution in [0.25, 0.3) is 0 Å². The fraction of sp³-hybridized carbons (Fsp3) is 0.533. The maximum Gasteiger partial charge on any atom is 0.221 e. The van der Waals surface area contributed by atoms with E-state index in [4.69, 9.17) is 0 Å². The topological polar surface area (TPSA) is 29.1 Å². The summed E-state index contributed by atoms with van der Waals surface area (Å²) >= 11 is 0. The quantitative estimate of drug-likeness (QED) is 0.848. The maximum absolute atomic E-state index is 11.8. The van der Waals surface area contributed by atoms with E-state index in [9.17, 15) is 4.79 Å². The Hall–Kier alpha value is -1.31. The van der Waals surface area contributed by atoms with Crippen LogP contribution in [0.2, 0.25) is 0 Å². The fourth-order valence-corrected chi connectivity index (χ4v) is 3.47. The highest BCUT2D eigenvalue weighted by Gasteiger charge is 2.54. The van der Waals surface area contributed by atoms with Gasteiger partial charge in [-0.15, -0.1) is 0 Å². The number of hydrogen-bond acceptors (Lipinski definition) is 1. The lowest BCUT2D eigenvalue weighted by molar-refractivity contribution is -0.119. The molecule has 2 nitrogen and oxygen atoms in total. The summed E-state index contributed by atoms with van der Waals surface area (Å²) in [6.07, 6.45) is 4.40. The second-order valence-electron chi connectivity index (χ2n) is 5.45. The molecule has 1 amide bonds. The van der Waals surface area contributed by atoms with Crippen molar-refractivity contribution in [3.05, 3.63) is 35.9 Å². The van der Waals surface area contributed by atoms with E-state index in [1.165, 1.54) is 18.4 Å². The smallest absolute Gasteiger partial charge is 0.221 e. The van der Waals surface area contributed by atoms with Crippen molar-refractivity contribution in [3.63, 3.8) is 0 Å². The number of carbonyl (C=O) groups excluding carboxylic acids is 1. The molecule has 0 spiro atoms. The van der Waals surface area contributed by atoms with Crippen molar-refractivity contribution in [3.8, 4) is 0 Å². The zero-order valence-corrected chi connectivity index (χ0v) is 10.3.